The Morgan fingerprint density at radius 3 is 2.00 bits per heavy atom. The van der Waals surface area contributed by atoms with E-state index in [-0.39, 0.29) is 11.9 Å². The summed E-state index contributed by atoms with van der Waals surface area (Å²) >= 11 is 0. The molecule has 4 bridgehead atoms. The quantitative estimate of drug-likeness (QED) is 0.620. The molecule has 4 saturated carbocycles. The van der Waals surface area contributed by atoms with E-state index in [1.54, 1.807) is 7.11 Å². The highest BCUT2D eigenvalue weighted by Gasteiger charge is 2.68. The van der Waals surface area contributed by atoms with Crippen LogP contribution < -0.4 is 0 Å². The van der Waals surface area contributed by atoms with Gasteiger partial charge in [0.25, 0.3) is 0 Å². The lowest BCUT2D eigenvalue weighted by Crippen LogP contribution is -2.71. The summed E-state index contributed by atoms with van der Waals surface area (Å²) in [5, 5.41) is 0. The normalized spacial score (nSPS) is 61.0. The molecular formula is C12H18O3. The van der Waals surface area contributed by atoms with Crippen molar-refractivity contribution in [1.29, 1.82) is 0 Å². The summed E-state index contributed by atoms with van der Waals surface area (Å²) in [6.45, 7) is 0. The van der Waals surface area contributed by atoms with E-state index >= 15 is 0 Å². The van der Waals surface area contributed by atoms with E-state index in [2.05, 4.69) is 0 Å². The zero-order chi connectivity index (χ0) is 10.0. The summed E-state index contributed by atoms with van der Waals surface area (Å²) in [5.41, 5.74) is -0.0534. The molecule has 3 nitrogen and oxygen atoms in total. The Bertz CT molecular complexity index is 259. The minimum absolute atomic E-state index is 0.0534. The van der Waals surface area contributed by atoms with E-state index < -0.39 is 0 Å². The maximum atomic E-state index is 5.57. The largest absolute Gasteiger partial charge is 0.351 e. The molecule has 1 aliphatic heterocycles. The molecule has 0 radical (unpaired) electrons. The van der Waals surface area contributed by atoms with Gasteiger partial charge in [-0.1, -0.05) is 0 Å². The summed E-state index contributed by atoms with van der Waals surface area (Å²) < 4.78 is 5.42. The standard InChI is InChI=1S/C12H18O3/c1-13-11-12(15-14-11)9-3-7-2-8(5-9)6-10(12)4-7/h7-11H,2-6H2,1H3. The summed E-state index contributed by atoms with van der Waals surface area (Å²) in [5.74, 6) is 3.35. The van der Waals surface area contributed by atoms with Crippen molar-refractivity contribution in [3.05, 3.63) is 0 Å². The number of ether oxygens (including phenoxy) is 1. The first kappa shape index (κ1) is 8.97. The van der Waals surface area contributed by atoms with Gasteiger partial charge in [-0.15, -0.1) is 0 Å². The van der Waals surface area contributed by atoms with Crippen LogP contribution in [0, 0.1) is 23.7 Å². The Hall–Kier alpha value is -0.120. The summed E-state index contributed by atoms with van der Waals surface area (Å²) in [4.78, 5) is 10.7. The maximum absolute atomic E-state index is 5.57. The van der Waals surface area contributed by atoms with Gasteiger partial charge in [0.2, 0.25) is 6.29 Å². The average Bonchev–Trinajstić information content (AvgIpc) is 2.15. The third kappa shape index (κ3) is 0.931. The zero-order valence-corrected chi connectivity index (χ0v) is 9.15. The Labute approximate surface area is 90.0 Å². The molecule has 1 spiro atoms. The van der Waals surface area contributed by atoms with Crippen LogP contribution in [0.1, 0.15) is 32.1 Å². The molecule has 0 aromatic heterocycles. The molecule has 0 amide bonds. The van der Waals surface area contributed by atoms with Gasteiger partial charge in [-0.25, -0.2) is 9.78 Å². The van der Waals surface area contributed by atoms with E-state index in [4.69, 9.17) is 14.5 Å². The number of methoxy groups -OCH3 is 1. The molecule has 0 aromatic rings. The first-order chi connectivity index (χ1) is 7.33. The monoisotopic (exact) mass is 210 g/mol. The van der Waals surface area contributed by atoms with Gasteiger partial charge in [-0.3, -0.25) is 0 Å². The second kappa shape index (κ2) is 2.76. The molecule has 0 aromatic carbocycles. The summed E-state index contributed by atoms with van der Waals surface area (Å²) in [6, 6.07) is 0. The SMILES string of the molecule is COC1OOC12C1CC3CC(C1)CC2C3. The molecule has 84 valence electrons. The molecule has 3 heteroatoms. The van der Waals surface area contributed by atoms with Crippen LogP contribution in [0.25, 0.3) is 0 Å². The van der Waals surface area contributed by atoms with E-state index in [0.717, 1.165) is 11.8 Å². The highest BCUT2D eigenvalue weighted by Crippen LogP contribution is 2.63. The van der Waals surface area contributed by atoms with Crippen LogP contribution in [0.15, 0.2) is 0 Å². The predicted octanol–water partition coefficient (Wildman–Crippen LogP) is 2.12. The summed E-state index contributed by atoms with van der Waals surface area (Å²) in [7, 11) is 1.74. The Morgan fingerprint density at radius 2 is 1.60 bits per heavy atom. The van der Waals surface area contributed by atoms with Crippen LogP contribution in [0.4, 0.5) is 0 Å². The van der Waals surface area contributed by atoms with Gasteiger partial charge < -0.3 is 4.74 Å². The van der Waals surface area contributed by atoms with Crippen LogP contribution in [0.2, 0.25) is 0 Å². The third-order valence-electron chi connectivity index (χ3n) is 5.28. The van der Waals surface area contributed by atoms with Gasteiger partial charge in [0.1, 0.15) is 0 Å². The van der Waals surface area contributed by atoms with E-state index in [0.29, 0.717) is 11.8 Å². The van der Waals surface area contributed by atoms with E-state index in [9.17, 15) is 0 Å². The molecule has 5 fully saturated rings. The fourth-order valence-corrected chi connectivity index (χ4v) is 4.86. The van der Waals surface area contributed by atoms with E-state index in [1.165, 1.54) is 32.1 Å². The van der Waals surface area contributed by atoms with Gasteiger partial charge in [0.15, 0.2) is 5.60 Å². The van der Waals surface area contributed by atoms with Crippen molar-refractivity contribution in [2.75, 3.05) is 7.11 Å². The lowest BCUT2D eigenvalue weighted by atomic mass is 9.49. The third-order valence-corrected chi connectivity index (χ3v) is 5.28. The second-order valence-electron chi connectivity index (χ2n) is 5.91. The van der Waals surface area contributed by atoms with Crippen molar-refractivity contribution in [3.8, 4) is 0 Å². The molecule has 1 unspecified atom stereocenters. The van der Waals surface area contributed by atoms with Crippen LogP contribution in [0.5, 0.6) is 0 Å². The molecular weight excluding hydrogens is 192 g/mol. The maximum Gasteiger partial charge on any atom is 0.224 e. The summed E-state index contributed by atoms with van der Waals surface area (Å²) in [6.07, 6.45) is 6.76. The van der Waals surface area contributed by atoms with Crippen LogP contribution in [-0.4, -0.2) is 19.0 Å². The molecule has 5 rings (SSSR count). The minimum atomic E-state index is -0.0903. The predicted molar refractivity (Wildman–Crippen MR) is 52.7 cm³/mol. The number of hydrogen-bond donors (Lipinski definition) is 0. The highest BCUT2D eigenvalue weighted by atomic mass is 17.3. The zero-order valence-electron chi connectivity index (χ0n) is 9.15. The average molecular weight is 210 g/mol. The molecule has 1 atom stereocenters. The minimum Gasteiger partial charge on any atom is -0.351 e. The van der Waals surface area contributed by atoms with Crippen molar-refractivity contribution in [2.45, 2.75) is 44.0 Å². The second-order valence-corrected chi connectivity index (χ2v) is 5.91. The van der Waals surface area contributed by atoms with Gasteiger partial charge in [-0.05, 0) is 55.8 Å². The fourth-order valence-electron chi connectivity index (χ4n) is 4.86. The molecule has 1 heterocycles. The first-order valence-electron chi connectivity index (χ1n) is 6.20. The van der Waals surface area contributed by atoms with Gasteiger partial charge >= 0.3 is 0 Å². The van der Waals surface area contributed by atoms with Gasteiger partial charge in [-0.2, -0.15) is 0 Å². The van der Waals surface area contributed by atoms with Crippen LogP contribution in [0.3, 0.4) is 0 Å². The van der Waals surface area contributed by atoms with Crippen molar-refractivity contribution < 1.29 is 14.5 Å². The van der Waals surface area contributed by atoms with Gasteiger partial charge in [0, 0.05) is 7.11 Å². The van der Waals surface area contributed by atoms with Crippen molar-refractivity contribution in [2.24, 2.45) is 23.7 Å². The van der Waals surface area contributed by atoms with E-state index in [1.807, 2.05) is 0 Å². The fraction of sp³-hybridized carbons (Fsp3) is 1.00. The lowest BCUT2D eigenvalue weighted by Gasteiger charge is -2.64. The van der Waals surface area contributed by atoms with Crippen molar-refractivity contribution >= 4 is 0 Å². The molecule has 1 saturated heterocycles. The molecule has 4 aliphatic carbocycles. The smallest absolute Gasteiger partial charge is 0.224 e. The van der Waals surface area contributed by atoms with Crippen LogP contribution >= 0.6 is 0 Å². The first-order valence-corrected chi connectivity index (χ1v) is 6.20. The highest BCUT2D eigenvalue weighted by molar-refractivity contribution is 5.10. The van der Waals surface area contributed by atoms with Crippen molar-refractivity contribution in [3.63, 3.8) is 0 Å². The van der Waals surface area contributed by atoms with Crippen molar-refractivity contribution in [1.82, 2.24) is 0 Å². The molecule has 5 aliphatic rings. The van der Waals surface area contributed by atoms with Gasteiger partial charge in [0.05, 0.1) is 0 Å². The number of rotatable bonds is 1. The Balaban J connectivity index is 1.70. The molecule has 15 heavy (non-hydrogen) atoms. The lowest BCUT2D eigenvalue weighted by molar-refractivity contribution is -0.588. The van der Waals surface area contributed by atoms with Crippen LogP contribution in [-0.2, 0) is 14.5 Å². The Kier molecular flexibility index (Phi) is 1.65. The Morgan fingerprint density at radius 1 is 1.00 bits per heavy atom. The molecule has 0 N–H and O–H groups in total. The number of hydrogen-bond acceptors (Lipinski definition) is 3. The topological polar surface area (TPSA) is 27.7 Å².